The highest BCUT2D eigenvalue weighted by Crippen LogP contribution is 2.11. The molecular formula is C15H20N2O4. The van der Waals surface area contributed by atoms with E-state index in [0.29, 0.717) is 38.5 Å². The predicted octanol–water partition coefficient (Wildman–Crippen LogP) is 0.674. The molecule has 2 rings (SSSR count). The fourth-order valence-corrected chi connectivity index (χ4v) is 2.05. The molecule has 21 heavy (non-hydrogen) atoms. The number of nitrogens with zero attached hydrogens (tertiary/aromatic N) is 1. The molecule has 1 saturated heterocycles. The summed E-state index contributed by atoms with van der Waals surface area (Å²) in [6.45, 7) is 4.76. The Balaban J connectivity index is 1.82. The van der Waals surface area contributed by atoms with Crippen molar-refractivity contribution in [2.75, 3.05) is 39.5 Å². The maximum Gasteiger partial charge on any atom is 0.251 e. The molecule has 1 aliphatic heterocycles. The van der Waals surface area contributed by atoms with E-state index in [4.69, 9.17) is 9.47 Å². The molecule has 0 bridgehead atoms. The van der Waals surface area contributed by atoms with Crippen LogP contribution in [-0.4, -0.2) is 56.2 Å². The number of ether oxygens (including phenoxy) is 2. The molecule has 0 radical (unpaired) electrons. The summed E-state index contributed by atoms with van der Waals surface area (Å²) >= 11 is 0. The Morgan fingerprint density at radius 1 is 1.24 bits per heavy atom. The van der Waals surface area contributed by atoms with Gasteiger partial charge in [0.15, 0.2) is 0 Å². The SMILES string of the molecule is CCOc1ccc(C(=O)NCC(=O)N2CCOCC2)cc1. The van der Waals surface area contributed by atoms with Crippen LogP contribution in [0.15, 0.2) is 24.3 Å². The molecule has 2 amide bonds. The summed E-state index contributed by atoms with van der Waals surface area (Å²) < 4.78 is 10.5. The largest absolute Gasteiger partial charge is 0.494 e. The second-order valence-electron chi connectivity index (χ2n) is 4.63. The van der Waals surface area contributed by atoms with E-state index in [9.17, 15) is 9.59 Å². The lowest BCUT2D eigenvalue weighted by molar-refractivity contribution is -0.134. The van der Waals surface area contributed by atoms with Crippen molar-refractivity contribution in [2.24, 2.45) is 0 Å². The molecule has 1 aromatic rings. The van der Waals surface area contributed by atoms with Crippen LogP contribution in [0.5, 0.6) is 5.75 Å². The molecule has 1 aromatic carbocycles. The molecule has 0 aliphatic carbocycles. The molecule has 0 spiro atoms. The zero-order valence-electron chi connectivity index (χ0n) is 12.1. The zero-order valence-corrected chi connectivity index (χ0v) is 12.1. The van der Waals surface area contributed by atoms with E-state index in [1.54, 1.807) is 29.2 Å². The Kier molecular flexibility index (Phi) is 5.57. The summed E-state index contributed by atoms with van der Waals surface area (Å²) in [5, 5.41) is 2.64. The van der Waals surface area contributed by atoms with Crippen LogP contribution in [-0.2, 0) is 9.53 Å². The molecule has 1 heterocycles. The Hall–Kier alpha value is -2.08. The molecular weight excluding hydrogens is 272 g/mol. The summed E-state index contributed by atoms with van der Waals surface area (Å²) in [4.78, 5) is 25.6. The fraction of sp³-hybridized carbons (Fsp3) is 0.467. The Bertz CT molecular complexity index is 481. The smallest absolute Gasteiger partial charge is 0.251 e. The van der Waals surface area contributed by atoms with Crippen LogP contribution in [0.25, 0.3) is 0 Å². The number of nitrogens with one attached hydrogen (secondary N) is 1. The van der Waals surface area contributed by atoms with Gasteiger partial charge in [0, 0.05) is 18.7 Å². The van der Waals surface area contributed by atoms with Gasteiger partial charge < -0.3 is 19.7 Å². The minimum Gasteiger partial charge on any atom is -0.494 e. The van der Waals surface area contributed by atoms with Gasteiger partial charge in [-0.3, -0.25) is 9.59 Å². The number of hydrogen-bond donors (Lipinski definition) is 1. The molecule has 0 unspecified atom stereocenters. The number of morpholine rings is 1. The van der Waals surface area contributed by atoms with Crippen LogP contribution in [0.1, 0.15) is 17.3 Å². The van der Waals surface area contributed by atoms with Crippen molar-refractivity contribution in [1.29, 1.82) is 0 Å². The first-order valence-corrected chi connectivity index (χ1v) is 7.07. The van der Waals surface area contributed by atoms with E-state index in [2.05, 4.69) is 5.32 Å². The molecule has 0 aromatic heterocycles. The third kappa shape index (κ3) is 4.46. The topological polar surface area (TPSA) is 67.9 Å². The number of hydrogen-bond acceptors (Lipinski definition) is 4. The first-order valence-electron chi connectivity index (χ1n) is 7.07. The van der Waals surface area contributed by atoms with Crippen molar-refractivity contribution in [3.05, 3.63) is 29.8 Å². The minimum atomic E-state index is -0.264. The van der Waals surface area contributed by atoms with Crippen LogP contribution < -0.4 is 10.1 Å². The average molecular weight is 292 g/mol. The van der Waals surface area contributed by atoms with Crippen LogP contribution in [0, 0.1) is 0 Å². The monoisotopic (exact) mass is 292 g/mol. The maximum absolute atomic E-state index is 12.0. The van der Waals surface area contributed by atoms with Gasteiger partial charge in [-0.25, -0.2) is 0 Å². The van der Waals surface area contributed by atoms with Gasteiger partial charge in [0.25, 0.3) is 5.91 Å². The minimum absolute atomic E-state index is 0.00600. The van der Waals surface area contributed by atoms with E-state index in [-0.39, 0.29) is 18.4 Å². The first kappa shape index (κ1) is 15.3. The van der Waals surface area contributed by atoms with Gasteiger partial charge in [0.2, 0.25) is 5.91 Å². The molecule has 1 N–H and O–H groups in total. The van der Waals surface area contributed by atoms with E-state index >= 15 is 0 Å². The Labute approximate surface area is 124 Å². The first-order chi connectivity index (χ1) is 10.2. The van der Waals surface area contributed by atoms with Crippen molar-refractivity contribution in [3.63, 3.8) is 0 Å². The van der Waals surface area contributed by atoms with Crippen molar-refractivity contribution < 1.29 is 19.1 Å². The van der Waals surface area contributed by atoms with Crippen molar-refractivity contribution in [3.8, 4) is 5.75 Å². The van der Waals surface area contributed by atoms with E-state index in [0.717, 1.165) is 5.75 Å². The lowest BCUT2D eigenvalue weighted by Crippen LogP contribution is -2.45. The van der Waals surface area contributed by atoms with E-state index < -0.39 is 0 Å². The summed E-state index contributed by atoms with van der Waals surface area (Å²) in [5.41, 5.74) is 0.508. The third-order valence-electron chi connectivity index (χ3n) is 3.19. The number of rotatable bonds is 5. The fourth-order valence-electron chi connectivity index (χ4n) is 2.05. The maximum atomic E-state index is 12.0. The van der Waals surface area contributed by atoms with Gasteiger partial charge in [-0.05, 0) is 31.2 Å². The molecule has 6 nitrogen and oxygen atoms in total. The number of amides is 2. The van der Waals surface area contributed by atoms with E-state index in [1.165, 1.54) is 0 Å². The van der Waals surface area contributed by atoms with Crippen LogP contribution in [0.2, 0.25) is 0 Å². The van der Waals surface area contributed by atoms with Crippen molar-refractivity contribution in [2.45, 2.75) is 6.92 Å². The normalized spacial score (nSPS) is 14.6. The third-order valence-corrected chi connectivity index (χ3v) is 3.19. The quantitative estimate of drug-likeness (QED) is 0.866. The predicted molar refractivity (Wildman–Crippen MR) is 77.3 cm³/mol. The highest BCUT2D eigenvalue weighted by molar-refractivity contribution is 5.96. The highest BCUT2D eigenvalue weighted by Gasteiger charge is 2.17. The van der Waals surface area contributed by atoms with Crippen molar-refractivity contribution >= 4 is 11.8 Å². The summed E-state index contributed by atoms with van der Waals surface area (Å²) in [6.07, 6.45) is 0. The Morgan fingerprint density at radius 3 is 2.52 bits per heavy atom. The average Bonchev–Trinajstić information content (AvgIpc) is 2.54. The number of carbonyl (C=O) groups is 2. The van der Waals surface area contributed by atoms with Gasteiger partial charge in [0.05, 0.1) is 26.4 Å². The Morgan fingerprint density at radius 2 is 1.90 bits per heavy atom. The summed E-state index contributed by atoms with van der Waals surface area (Å²) in [6, 6.07) is 6.84. The van der Waals surface area contributed by atoms with Crippen molar-refractivity contribution in [1.82, 2.24) is 10.2 Å². The second-order valence-corrected chi connectivity index (χ2v) is 4.63. The van der Waals surface area contributed by atoms with Crippen LogP contribution in [0.3, 0.4) is 0 Å². The standard InChI is InChI=1S/C15H20N2O4/c1-2-21-13-5-3-12(4-6-13)15(19)16-11-14(18)17-7-9-20-10-8-17/h3-6H,2,7-11H2,1H3,(H,16,19). The van der Waals surface area contributed by atoms with Gasteiger partial charge in [-0.2, -0.15) is 0 Å². The summed E-state index contributed by atoms with van der Waals surface area (Å²) in [5.74, 6) is 0.371. The van der Waals surface area contributed by atoms with Gasteiger partial charge in [-0.1, -0.05) is 0 Å². The van der Waals surface area contributed by atoms with Gasteiger partial charge >= 0.3 is 0 Å². The number of benzene rings is 1. The van der Waals surface area contributed by atoms with Crippen LogP contribution in [0.4, 0.5) is 0 Å². The molecule has 114 valence electrons. The lowest BCUT2D eigenvalue weighted by atomic mass is 10.2. The molecule has 6 heteroatoms. The second kappa shape index (κ2) is 7.64. The summed E-state index contributed by atoms with van der Waals surface area (Å²) in [7, 11) is 0. The zero-order chi connectivity index (χ0) is 15.1. The van der Waals surface area contributed by atoms with Gasteiger partial charge in [-0.15, -0.1) is 0 Å². The van der Waals surface area contributed by atoms with Crippen LogP contribution >= 0.6 is 0 Å². The molecule has 0 atom stereocenters. The van der Waals surface area contributed by atoms with Gasteiger partial charge in [0.1, 0.15) is 5.75 Å². The molecule has 1 fully saturated rings. The van der Waals surface area contributed by atoms with E-state index in [1.807, 2.05) is 6.92 Å². The molecule has 1 aliphatic rings. The highest BCUT2D eigenvalue weighted by atomic mass is 16.5. The lowest BCUT2D eigenvalue weighted by Gasteiger charge is -2.26. The molecule has 0 saturated carbocycles. The number of carbonyl (C=O) groups excluding carboxylic acids is 2.